The fraction of sp³-hybridized carbons (Fsp3) is 1.00. The van der Waals surface area contributed by atoms with E-state index >= 15 is 0 Å². The molecular weight excluding hydrogens is 196 g/mol. The predicted octanol–water partition coefficient (Wildman–Crippen LogP) is 5.33. The molecule has 16 heavy (non-hydrogen) atoms. The average Bonchev–Trinajstić information content (AvgIpc) is 2.30. The summed E-state index contributed by atoms with van der Waals surface area (Å²) in [4.78, 5) is 0. The molecule has 1 unspecified atom stereocenters. The molecule has 0 radical (unpaired) electrons. The molecule has 0 aromatic heterocycles. The van der Waals surface area contributed by atoms with Gasteiger partial charge in [-0.15, -0.1) is 0 Å². The second-order valence-electron chi connectivity index (χ2n) is 4.78. The maximum absolute atomic E-state index is 5.77. The number of unbranched alkanes of at least 4 members (excludes halogenated alkanes) is 6. The third-order valence-electron chi connectivity index (χ3n) is 3.16. The lowest BCUT2D eigenvalue weighted by molar-refractivity contribution is 0.0473. The molecule has 0 heterocycles. The minimum absolute atomic E-state index is 0.538. The van der Waals surface area contributed by atoms with Crippen LogP contribution in [0.1, 0.15) is 85.0 Å². The third kappa shape index (κ3) is 10.5. The van der Waals surface area contributed by atoms with Crippen molar-refractivity contribution in [2.24, 2.45) is 0 Å². The Kier molecular flexibility index (Phi) is 13.0. The zero-order valence-electron chi connectivity index (χ0n) is 11.8. The van der Waals surface area contributed by atoms with Gasteiger partial charge in [0.05, 0.1) is 6.10 Å². The van der Waals surface area contributed by atoms with Crippen molar-refractivity contribution >= 4 is 0 Å². The highest BCUT2D eigenvalue weighted by molar-refractivity contribution is 4.58. The van der Waals surface area contributed by atoms with Gasteiger partial charge in [-0.1, -0.05) is 65.2 Å². The van der Waals surface area contributed by atoms with E-state index in [0.29, 0.717) is 6.10 Å². The summed E-state index contributed by atoms with van der Waals surface area (Å²) in [7, 11) is 0. The molecule has 0 aliphatic carbocycles. The molecule has 0 aromatic carbocycles. The van der Waals surface area contributed by atoms with Gasteiger partial charge in [0.2, 0.25) is 0 Å². The Morgan fingerprint density at radius 1 is 0.688 bits per heavy atom. The van der Waals surface area contributed by atoms with E-state index in [1.807, 2.05) is 0 Å². The normalized spacial score (nSPS) is 12.9. The molecule has 1 atom stereocenters. The van der Waals surface area contributed by atoms with E-state index in [1.165, 1.54) is 64.2 Å². The zero-order valence-corrected chi connectivity index (χ0v) is 11.8. The Morgan fingerprint density at radius 3 is 1.88 bits per heavy atom. The van der Waals surface area contributed by atoms with Gasteiger partial charge in [-0.25, -0.2) is 0 Å². The van der Waals surface area contributed by atoms with Crippen LogP contribution in [0.25, 0.3) is 0 Å². The topological polar surface area (TPSA) is 9.23 Å². The summed E-state index contributed by atoms with van der Waals surface area (Å²) >= 11 is 0. The van der Waals surface area contributed by atoms with Gasteiger partial charge in [0.1, 0.15) is 0 Å². The smallest absolute Gasteiger partial charge is 0.0575 e. The number of hydrogen-bond donors (Lipinski definition) is 0. The van der Waals surface area contributed by atoms with Gasteiger partial charge in [-0.05, 0) is 19.8 Å². The van der Waals surface area contributed by atoms with Crippen LogP contribution in [-0.4, -0.2) is 12.7 Å². The first-order valence-corrected chi connectivity index (χ1v) is 7.46. The standard InChI is InChI=1S/C15H32O/c1-4-7-9-10-11-12-14-15(16-6-3)13-8-5-2/h15H,4-14H2,1-3H3. The highest BCUT2D eigenvalue weighted by atomic mass is 16.5. The van der Waals surface area contributed by atoms with Crippen LogP contribution < -0.4 is 0 Å². The van der Waals surface area contributed by atoms with Crippen LogP contribution in [-0.2, 0) is 4.74 Å². The summed E-state index contributed by atoms with van der Waals surface area (Å²) < 4.78 is 5.77. The lowest BCUT2D eigenvalue weighted by atomic mass is 10.0. The van der Waals surface area contributed by atoms with E-state index < -0.39 is 0 Å². The van der Waals surface area contributed by atoms with Gasteiger partial charge in [0.25, 0.3) is 0 Å². The lowest BCUT2D eigenvalue weighted by Crippen LogP contribution is -2.12. The van der Waals surface area contributed by atoms with Crippen LogP contribution in [0.4, 0.5) is 0 Å². The summed E-state index contributed by atoms with van der Waals surface area (Å²) in [5.74, 6) is 0. The Bertz CT molecular complexity index is 123. The number of rotatable bonds is 12. The van der Waals surface area contributed by atoms with E-state index in [2.05, 4.69) is 20.8 Å². The Morgan fingerprint density at radius 2 is 1.25 bits per heavy atom. The summed E-state index contributed by atoms with van der Waals surface area (Å²) in [6.07, 6.45) is 14.0. The summed E-state index contributed by atoms with van der Waals surface area (Å²) in [6.45, 7) is 7.52. The molecule has 0 saturated heterocycles. The van der Waals surface area contributed by atoms with Crippen molar-refractivity contribution in [2.45, 2.75) is 91.1 Å². The minimum atomic E-state index is 0.538. The van der Waals surface area contributed by atoms with Crippen molar-refractivity contribution in [3.05, 3.63) is 0 Å². The van der Waals surface area contributed by atoms with Gasteiger partial charge >= 0.3 is 0 Å². The van der Waals surface area contributed by atoms with Crippen molar-refractivity contribution < 1.29 is 4.74 Å². The minimum Gasteiger partial charge on any atom is -0.379 e. The van der Waals surface area contributed by atoms with E-state index in [4.69, 9.17) is 4.74 Å². The van der Waals surface area contributed by atoms with Crippen molar-refractivity contribution in [3.8, 4) is 0 Å². The first-order valence-electron chi connectivity index (χ1n) is 7.46. The van der Waals surface area contributed by atoms with E-state index in [-0.39, 0.29) is 0 Å². The van der Waals surface area contributed by atoms with Crippen LogP contribution in [0.3, 0.4) is 0 Å². The van der Waals surface area contributed by atoms with Crippen LogP contribution in [0.2, 0.25) is 0 Å². The van der Waals surface area contributed by atoms with Crippen molar-refractivity contribution in [3.63, 3.8) is 0 Å². The van der Waals surface area contributed by atoms with E-state index in [0.717, 1.165) is 6.61 Å². The van der Waals surface area contributed by atoms with Crippen LogP contribution in [0.5, 0.6) is 0 Å². The quantitative estimate of drug-likeness (QED) is 0.410. The van der Waals surface area contributed by atoms with Crippen LogP contribution in [0.15, 0.2) is 0 Å². The molecule has 0 aliphatic rings. The van der Waals surface area contributed by atoms with Gasteiger partial charge in [0, 0.05) is 6.61 Å². The van der Waals surface area contributed by atoms with Gasteiger partial charge < -0.3 is 4.74 Å². The first kappa shape index (κ1) is 16.0. The van der Waals surface area contributed by atoms with Gasteiger partial charge in [0.15, 0.2) is 0 Å². The van der Waals surface area contributed by atoms with Crippen LogP contribution >= 0.6 is 0 Å². The maximum atomic E-state index is 5.77. The Balaban J connectivity index is 3.36. The summed E-state index contributed by atoms with van der Waals surface area (Å²) in [6, 6.07) is 0. The van der Waals surface area contributed by atoms with Crippen LogP contribution in [0, 0.1) is 0 Å². The molecule has 1 heteroatoms. The average molecular weight is 228 g/mol. The SMILES string of the molecule is CCCCCCCCC(CCCC)OCC. The summed E-state index contributed by atoms with van der Waals surface area (Å²) in [5, 5.41) is 0. The summed E-state index contributed by atoms with van der Waals surface area (Å²) in [5.41, 5.74) is 0. The molecule has 0 aromatic rings. The molecular formula is C15H32O. The number of ether oxygens (including phenoxy) is 1. The molecule has 0 rings (SSSR count). The van der Waals surface area contributed by atoms with Crippen molar-refractivity contribution in [1.82, 2.24) is 0 Å². The highest BCUT2D eigenvalue weighted by Gasteiger charge is 2.06. The molecule has 0 aliphatic heterocycles. The molecule has 0 amide bonds. The molecule has 98 valence electrons. The third-order valence-corrected chi connectivity index (χ3v) is 3.16. The lowest BCUT2D eigenvalue weighted by Gasteiger charge is -2.16. The molecule has 0 saturated carbocycles. The fourth-order valence-electron chi connectivity index (χ4n) is 2.13. The maximum Gasteiger partial charge on any atom is 0.0575 e. The Hall–Kier alpha value is -0.0400. The molecule has 0 fully saturated rings. The first-order chi connectivity index (χ1) is 7.85. The largest absolute Gasteiger partial charge is 0.379 e. The van der Waals surface area contributed by atoms with E-state index in [9.17, 15) is 0 Å². The molecule has 0 spiro atoms. The predicted molar refractivity (Wildman–Crippen MR) is 72.9 cm³/mol. The van der Waals surface area contributed by atoms with Crippen molar-refractivity contribution in [1.29, 1.82) is 0 Å². The zero-order chi connectivity index (χ0) is 12.1. The number of hydrogen-bond acceptors (Lipinski definition) is 1. The molecule has 0 N–H and O–H groups in total. The Labute approximate surface area is 103 Å². The van der Waals surface area contributed by atoms with E-state index in [1.54, 1.807) is 0 Å². The van der Waals surface area contributed by atoms with Gasteiger partial charge in [-0.2, -0.15) is 0 Å². The highest BCUT2D eigenvalue weighted by Crippen LogP contribution is 2.14. The monoisotopic (exact) mass is 228 g/mol. The van der Waals surface area contributed by atoms with Crippen molar-refractivity contribution in [2.75, 3.05) is 6.61 Å². The van der Waals surface area contributed by atoms with Gasteiger partial charge in [-0.3, -0.25) is 0 Å². The second kappa shape index (κ2) is 13.0. The fourth-order valence-corrected chi connectivity index (χ4v) is 2.13. The second-order valence-corrected chi connectivity index (χ2v) is 4.78. The molecule has 0 bridgehead atoms. The molecule has 1 nitrogen and oxygen atoms in total.